The molecule has 0 bridgehead atoms. The molecule has 0 unspecified atom stereocenters. The Labute approximate surface area is 149 Å². The second-order valence-corrected chi connectivity index (χ2v) is 6.07. The number of nitrogens with one attached hydrogen (secondary N) is 1. The van der Waals surface area contributed by atoms with Crippen LogP contribution < -0.4 is 5.73 Å². The lowest BCUT2D eigenvalue weighted by molar-refractivity contribution is 0.0642. The predicted octanol–water partition coefficient (Wildman–Crippen LogP) is 2.58. The number of aromatic amines is 1. The predicted molar refractivity (Wildman–Crippen MR) is 95.4 cm³/mol. The summed E-state index contributed by atoms with van der Waals surface area (Å²) in [5.74, 6) is -1.14. The highest BCUT2D eigenvalue weighted by Gasteiger charge is 2.35. The first-order valence-electron chi connectivity index (χ1n) is 8.08. The van der Waals surface area contributed by atoms with Crippen LogP contribution in [0.3, 0.4) is 0 Å². The molecular formula is C20H15N3O3. The van der Waals surface area contributed by atoms with E-state index in [9.17, 15) is 14.4 Å². The standard InChI is InChI=1S/C20H15N3O3/c21-18(24)17-9-13(10-22-17)14-6-2-1-5-12(14)11-23-19(25)15-7-3-4-8-16(15)20(23)26/h1-10,22H,11H2,(H2,21,24). The molecule has 128 valence electrons. The van der Waals surface area contributed by atoms with Crippen LogP contribution in [0.5, 0.6) is 0 Å². The van der Waals surface area contributed by atoms with Gasteiger partial charge >= 0.3 is 0 Å². The molecule has 26 heavy (non-hydrogen) atoms. The number of hydrogen-bond acceptors (Lipinski definition) is 3. The maximum absolute atomic E-state index is 12.6. The van der Waals surface area contributed by atoms with Crippen molar-refractivity contribution in [1.82, 2.24) is 9.88 Å². The second kappa shape index (κ2) is 6.00. The zero-order valence-corrected chi connectivity index (χ0v) is 13.7. The van der Waals surface area contributed by atoms with Gasteiger partial charge < -0.3 is 10.7 Å². The number of fused-ring (bicyclic) bond motifs is 1. The van der Waals surface area contributed by atoms with Gasteiger partial charge in [0.05, 0.1) is 17.7 Å². The van der Waals surface area contributed by atoms with Crippen LogP contribution in [0.15, 0.2) is 60.8 Å². The SMILES string of the molecule is NC(=O)c1cc(-c2ccccc2CN2C(=O)c3ccccc3C2=O)c[nH]1. The van der Waals surface area contributed by atoms with Crippen molar-refractivity contribution in [1.29, 1.82) is 0 Å². The molecule has 6 nitrogen and oxygen atoms in total. The fourth-order valence-electron chi connectivity index (χ4n) is 3.18. The number of primary amides is 1. The minimum atomic E-state index is -0.547. The minimum Gasteiger partial charge on any atom is -0.364 e. The Balaban J connectivity index is 1.69. The number of aromatic nitrogens is 1. The summed E-state index contributed by atoms with van der Waals surface area (Å²) in [7, 11) is 0. The van der Waals surface area contributed by atoms with Crippen molar-refractivity contribution in [3.8, 4) is 11.1 Å². The highest BCUT2D eigenvalue weighted by Crippen LogP contribution is 2.29. The number of rotatable bonds is 4. The van der Waals surface area contributed by atoms with Gasteiger partial charge in [-0.1, -0.05) is 36.4 Å². The molecule has 1 aliphatic heterocycles. The first-order valence-corrected chi connectivity index (χ1v) is 8.08. The molecule has 1 aromatic heterocycles. The maximum Gasteiger partial charge on any atom is 0.265 e. The second-order valence-electron chi connectivity index (χ2n) is 6.07. The molecule has 3 aromatic rings. The highest BCUT2D eigenvalue weighted by molar-refractivity contribution is 6.21. The third-order valence-electron chi connectivity index (χ3n) is 4.48. The van der Waals surface area contributed by atoms with Crippen LogP contribution >= 0.6 is 0 Å². The summed E-state index contributed by atoms with van der Waals surface area (Å²) >= 11 is 0. The monoisotopic (exact) mass is 345 g/mol. The van der Waals surface area contributed by atoms with Gasteiger partial charge in [0.25, 0.3) is 17.7 Å². The summed E-state index contributed by atoms with van der Waals surface area (Å²) in [6.45, 7) is 0.152. The Kier molecular flexibility index (Phi) is 3.65. The molecule has 1 aliphatic rings. The van der Waals surface area contributed by atoms with Gasteiger partial charge in [-0.25, -0.2) is 0 Å². The topological polar surface area (TPSA) is 96.3 Å². The summed E-state index contributed by atoms with van der Waals surface area (Å²) in [6.07, 6.45) is 1.68. The molecule has 4 rings (SSSR count). The Hall–Kier alpha value is -3.67. The molecule has 0 saturated carbocycles. The van der Waals surface area contributed by atoms with Gasteiger partial charge in [-0.15, -0.1) is 0 Å². The van der Waals surface area contributed by atoms with Gasteiger partial charge in [0.1, 0.15) is 5.69 Å². The van der Waals surface area contributed by atoms with Crippen LogP contribution in [0.25, 0.3) is 11.1 Å². The van der Waals surface area contributed by atoms with Gasteiger partial charge in [-0.2, -0.15) is 0 Å². The van der Waals surface area contributed by atoms with Gasteiger partial charge in [-0.05, 0) is 29.3 Å². The van der Waals surface area contributed by atoms with Crippen molar-refractivity contribution in [3.05, 3.63) is 83.2 Å². The number of amides is 3. The Morgan fingerprint density at radius 2 is 1.50 bits per heavy atom. The fourth-order valence-corrected chi connectivity index (χ4v) is 3.18. The van der Waals surface area contributed by atoms with Crippen LogP contribution in [-0.4, -0.2) is 27.6 Å². The molecule has 0 radical (unpaired) electrons. The summed E-state index contributed by atoms with van der Waals surface area (Å²) in [6, 6.07) is 15.9. The number of nitrogens with zero attached hydrogens (tertiary/aromatic N) is 1. The van der Waals surface area contributed by atoms with E-state index in [1.54, 1.807) is 36.5 Å². The molecule has 6 heteroatoms. The van der Waals surface area contributed by atoms with E-state index < -0.39 is 5.91 Å². The number of carbonyl (C=O) groups excluding carboxylic acids is 3. The molecule has 3 amide bonds. The van der Waals surface area contributed by atoms with Crippen molar-refractivity contribution >= 4 is 17.7 Å². The van der Waals surface area contributed by atoms with Crippen molar-refractivity contribution in [3.63, 3.8) is 0 Å². The first-order chi connectivity index (χ1) is 12.6. The van der Waals surface area contributed by atoms with Crippen LogP contribution in [0, 0.1) is 0 Å². The molecule has 0 saturated heterocycles. The van der Waals surface area contributed by atoms with Gasteiger partial charge in [0, 0.05) is 11.8 Å². The quantitative estimate of drug-likeness (QED) is 0.711. The van der Waals surface area contributed by atoms with Crippen LogP contribution in [0.1, 0.15) is 36.8 Å². The highest BCUT2D eigenvalue weighted by atomic mass is 16.2. The third-order valence-corrected chi connectivity index (χ3v) is 4.48. The zero-order valence-electron chi connectivity index (χ0n) is 13.7. The number of H-pyrrole nitrogens is 1. The van der Waals surface area contributed by atoms with Crippen LogP contribution in [0.4, 0.5) is 0 Å². The summed E-state index contributed by atoms with van der Waals surface area (Å²) in [4.78, 5) is 40.6. The summed E-state index contributed by atoms with van der Waals surface area (Å²) in [5.41, 5.74) is 8.84. The smallest absolute Gasteiger partial charge is 0.265 e. The van der Waals surface area contributed by atoms with Crippen LogP contribution in [-0.2, 0) is 6.54 Å². The molecule has 0 aliphatic carbocycles. The zero-order chi connectivity index (χ0) is 18.3. The largest absolute Gasteiger partial charge is 0.364 e. The molecule has 2 heterocycles. The molecule has 2 aromatic carbocycles. The molecule has 0 fully saturated rings. The molecule has 0 spiro atoms. The van der Waals surface area contributed by atoms with E-state index in [2.05, 4.69) is 4.98 Å². The van der Waals surface area contributed by atoms with Gasteiger partial charge in [-0.3, -0.25) is 19.3 Å². The minimum absolute atomic E-state index is 0.152. The summed E-state index contributed by atoms with van der Waals surface area (Å²) in [5, 5.41) is 0. The van der Waals surface area contributed by atoms with Gasteiger partial charge in [0.15, 0.2) is 0 Å². The average molecular weight is 345 g/mol. The van der Waals surface area contributed by atoms with E-state index in [0.29, 0.717) is 16.8 Å². The summed E-state index contributed by atoms with van der Waals surface area (Å²) < 4.78 is 0. The fraction of sp³-hybridized carbons (Fsp3) is 0.0500. The Bertz CT molecular complexity index is 1020. The number of benzene rings is 2. The third kappa shape index (κ3) is 2.48. The normalized spacial score (nSPS) is 13.2. The van der Waals surface area contributed by atoms with Gasteiger partial charge in [0.2, 0.25) is 0 Å². The lowest BCUT2D eigenvalue weighted by Crippen LogP contribution is -2.29. The van der Waals surface area contributed by atoms with E-state index in [4.69, 9.17) is 5.73 Å². The molecular weight excluding hydrogens is 330 g/mol. The molecule has 0 atom stereocenters. The average Bonchev–Trinajstić information content (AvgIpc) is 3.23. The molecule has 3 N–H and O–H groups in total. The van der Waals surface area contributed by atoms with E-state index in [1.165, 1.54) is 4.90 Å². The van der Waals surface area contributed by atoms with E-state index in [0.717, 1.165) is 16.7 Å². The van der Waals surface area contributed by atoms with Crippen molar-refractivity contribution < 1.29 is 14.4 Å². The maximum atomic E-state index is 12.6. The van der Waals surface area contributed by atoms with E-state index >= 15 is 0 Å². The van der Waals surface area contributed by atoms with Crippen molar-refractivity contribution in [2.24, 2.45) is 5.73 Å². The Morgan fingerprint density at radius 3 is 2.08 bits per heavy atom. The van der Waals surface area contributed by atoms with Crippen molar-refractivity contribution in [2.45, 2.75) is 6.54 Å². The first kappa shape index (κ1) is 15.8. The Morgan fingerprint density at radius 1 is 0.923 bits per heavy atom. The van der Waals surface area contributed by atoms with E-state index in [-0.39, 0.29) is 18.4 Å². The lowest BCUT2D eigenvalue weighted by atomic mass is 10.0. The van der Waals surface area contributed by atoms with Crippen LogP contribution in [0.2, 0.25) is 0 Å². The number of carbonyl (C=O) groups is 3. The number of hydrogen-bond donors (Lipinski definition) is 2. The number of imide groups is 1. The van der Waals surface area contributed by atoms with E-state index in [1.807, 2.05) is 24.3 Å². The van der Waals surface area contributed by atoms with Crippen molar-refractivity contribution in [2.75, 3.05) is 0 Å². The lowest BCUT2D eigenvalue weighted by Gasteiger charge is -2.16. The number of nitrogens with two attached hydrogens (primary N) is 1.